The molecule has 0 saturated carbocycles. The Morgan fingerprint density at radius 3 is 3.06 bits per heavy atom. The third-order valence-electron chi connectivity index (χ3n) is 3.64. The van der Waals surface area contributed by atoms with E-state index in [4.69, 9.17) is 4.99 Å². The summed E-state index contributed by atoms with van der Waals surface area (Å²) >= 11 is 1.80. The molecule has 96 valence electrons. The van der Waals surface area contributed by atoms with Crippen LogP contribution in [0.4, 0.5) is 0 Å². The Kier molecular flexibility index (Phi) is 3.57. The highest BCUT2D eigenvalue weighted by Crippen LogP contribution is 2.24. The number of piperidine rings is 1. The lowest BCUT2D eigenvalue weighted by atomic mass is 10.1. The van der Waals surface area contributed by atoms with Crippen LogP contribution in [0.1, 0.15) is 34.8 Å². The zero-order valence-electron chi connectivity index (χ0n) is 10.8. The van der Waals surface area contributed by atoms with Crippen molar-refractivity contribution in [1.29, 1.82) is 0 Å². The summed E-state index contributed by atoms with van der Waals surface area (Å²) in [5.74, 6) is 0. The van der Waals surface area contributed by atoms with Crippen molar-refractivity contribution in [2.45, 2.75) is 31.7 Å². The van der Waals surface area contributed by atoms with E-state index in [0.717, 1.165) is 23.5 Å². The molecule has 1 aromatic heterocycles. The van der Waals surface area contributed by atoms with Crippen molar-refractivity contribution < 1.29 is 0 Å². The van der Waals surface area contributed by atoms with Gasteiger partial charge in [0.1, 0.15) is 5.01 Å². The molecular formula is C14H19N3S. The van der Waals surface area contributed by atoms with E-state index in [1.54, 1.807) is 11.3 Å². The van der Waals surface area contributed by atoms with Crippen LogP contribution in [0.2, 0.25) is 0 Å². The van der Waals surface area contributed by atoms with E-state index in [0.29, 0.717) is 6.04 Å². The van der Waals surface area contributed by atoms with Crippen LogP contribution in [0.15, 0.2) is 11.1 Å². The Labute approximate surface area is 112 Å². The molecule has 0 N–H and O–H groups in total. The first kappa shape index (κ1) is 12.1. The Morgan fingerprint density at radius 1 is 1.44 bits per heavy atom. The molecule has 1 aromatic rings. The first-order chi connectivity index (χ1) is 8.81. The average Bonchev–Trinajstić information content (AvgIpc) is 2.81. The third kappa shape index (κ3) is 2.70. The predicted molar refractivity (Wildman–Crippen MR) is 77.6 cm³/mol. The quantitative estimate of drug-likeness (QED) is 0.766. The molecule has 0 amide bonds. The van der Waals surface area contributed by atoms with Crippen LogP contribution in [0.5, 0.6) is 0 Å². The van der Waals surface area contributed by atoms with Crippen LogP contribution >= 0.6 is 11.3 Å². The van der Waals surface area contributed by atoms with Crippen molar-refractivity contribution in [2.24, 2.45) is 4.99 Å². The fourth-order valence-electron chi connectivity index (χ4n) is 2.47. The second kappa shape index (κ2) is 5.33. The Hall–Kier alpha value is -1.00. The number of nitrogens with zero attached hydrogens (tertiary/aromatic N) is 3. The van der Waals surface area contributed by atoms with Gasteiger partial charge in [0.2, 0.25) is 0 Å². The summed E-state index contributed by atoms with van der Waals surface area (Å²) in [4.78, 5) is 13.1. The molecule has 1 saturated heterocycles. The zero-order valence-corrected chi connectivity index (χ0v) is 11.6. The van der Waals surface area contributed by atoms with Gasteiger partial charge in [-0.25, -0.2) is 4.98 Å². The number of aliphatic imine (C=N–C) groups is 1. The number of aryl methyl sites for hydroxylation is 1. The first-order valence-corrected chi connectivity index (χ1v) is 7.51. The van der Waals surface area contributed by atoms with Gasteiger partial charge in [-0.15, -0.1) is 11.3 Å². The van der Waals surface area contributed by atoms with Crippen molar-refractivity contribution in [1.82, 2.24) is 9.88 Å². The lowest BCUT2D eigenvalue weighted by molar-refractivity contribution is 0.257. The molecule has 0 atom stereocenters. The topological polar surface area (TPSA) is 28.5 Å². The Balaban J connectivity index is 1.65. The largest absolute Gasteiger partial charge is 0.306 e. The fraction of sp³-hybridized carbons (Fsp3) is 0.571. The highest BCUT2D eigenvalue weighted by Gasteiger charge is 2.15. The minimum atomic E-state index is 0.498. The van der Waals surface area contributed by atoms with E-state index < -0.39 is 0 Å². The van der Waals surface area contributed by atoms with Crippen molar-refractivity contribution in [3.05, 3.63) is 21.7 Å². The molecule has 0 bridgehead atoms. The van der Waals surface area contributed by atoms with E-state index in [9.17, 15) is 0 Å². The van der Waals surface area contributed by atoms with E-state index in [-0.39, 0.29) is 0 Å². The van der Waals surface area contributed by atoms with Gasteiger partial charge in [0.05, 0.1) is 18.0 Å². The SMILES string of the molecule is CN1CCC(N=Cc2nc3c(s2)CCC=C3)CC1. The maximum atomic E-state index is 4.70. The average molecular weight is 261 g/mol. The van der Waals surface area contributed by atoms with Gasteiger partial charge in [-0.1, -0.05) is 6.08 Å². The van der Waals surface area contributed by atoms with Crippen LogP contribution in [0.25, 0.3) is 6.08 Å². The summed E-state index contributed by atoms with van der Waals surface area (Å²) in [5.41, 5.74) is 1.16. The molecule has 0 spiro atoms. The van der Waals surface area contributed by atoms with Crippen molar-refractivity contribution >= 4 is 23.6 Å². The lowest BCUT2D eigenvalue weighted by Crippen LogP contribution is -2.32. The molecule has 18 heavy (non-hydrogen) atoms. The molecule has 2 heterocycles. The summed E-state index contributed by atoms with van der Waals surface area (Å²) in [5, 5.41) is 1.07. The summed E-state index contributed by atoms with van der Waals surface area (Å²) < 4.78 is 0. The second-order valence-corrected chi connectivity index (χ2v) is 6.23. The first-order valence-electron chi connectivity index (χ1n) is 6.69. The van der Waals surface area contributed by atoms with Crippen molar-refractivity contribution in [2.75, 3.05) is 20.1 Å². The van der Waals surface area contributed by atoms with Crippen LogP contribution in [-0.4, -0.2) is 42.3 Å². The molecule has 1 aliphatic heterocycles. The van der Waals surface area contributed by atoms with E-state index in [1.807, 2.05) is 6.21 Å². The number of thiazole rings is 1. The number of likely N-dealkylation sites (tertiary alicyclic amines) is 1. The van der Waals surface area contributed by atoms with Crippen LogP contribution in [0.3, 0.4) is 0 Å². The molecule has 0 aromatic carbocycles. The molecule has 1 fully saturated rings. The normalized spacial score (nSPS) is 21.6. The number of fused-ring (bicyclic) bond motifs is 1. The highest BCUT2D eigenvalue weighted by atomic mass is 32.1. The number of hydrogen-bond donors (Lipinski definition) is 0. The maximum absolute atomic E-state index is 4.70. The monoisotopic (exact) mass is 261 g/mol. The standard InChI is InChI=1S/C14H19N3S/c1-17-8-6-11(7-9-17)15-10-14-16-12-4-2-3-5-13(12)18-14/h2,4,10-11H,3,5-9H2,1H3. The van der Waals surface area contributed by atoms with Crippen molar-refractivity contribution in [3.8, 4) is 0 Å². The molecule has 1 aliphatic carbocycles. The van der Waals surface area contributed by atoms with Gasteiger partial charge >= 0.3 is 0 Å². The minimum absolute atomic E-state index is 0.498. The van der Waals surface area contributed by atoms with Gasteiger partial charge in [0, 0.05) is 4.88 Å². The lowest BCUT2D eigenvalue weighted by Gasteiger charge is -2.26. The molecular weight excluding hydrogens is 242 g/mol. The van der Waals surface area contributed by atoms with Gasteiger partial charge in [0.15, 0.2) is 0 Å². The minimum Gasteiger partial charge on any atom is -0.306 e. The number of allylic oxidation sites excluding steroid dienone is 1. The Bertz CT molecular complexity index is 467. The zero-order chi connectivity index (χ0) is 12.4. The van der Waals surface area contributed by atoms with Crippen LogP contribution < -0.4 is 0 Å². The van der Waals surface area contributed by atoms with E-state index >= 15 is 0 Å². The number of hydrogen-bond acceptors (Lipinski definition) is 4. The Morgan fingerprint density at radius 2 is 2.28 bits per heavy atom. The van der Waals surface area contributed by atoms with Crippen LogP contribution in [0, 0.1) is 0 Å². The summed E-state index contributed by atoms with van der Waals surface area (Å²) in [6.07, 6.45) is 11.0. The maximum Gasteiger partial charge on any atom is 0.134 e. The number of aromatic nitrogens is 1. The van der Waals surface area contributed by atoms with Gasteiger partial charge in [-0.2, -0.15) is 0 Å². The number of rotatable bonds is 2. The van der Waals surface area contributed by atoms with E-state index in [1.165, 1.54) is 30.8 Å². The summed E-state index contributed by atoms with van der Waals surface area (Å²) in [6, 6.07) is 0.498. The molecule has 0 radical (unpaired) electrons. The molecule has 3 rings (SSSR count). The van der Waals surface area contributed by atoms with Crippen molar-refractivity contribution in [3.63, 3.8) is 0 Å². The van der Waals surface area contributed by atoms with Gasteiger partial charge < -0.3 is 4.90 Å². The van der Waals surface area contributed by atoms with Crippen LogP contribution in [-0.2, 0) is 6.42 Å². The molecule has 4 heteroatoms. The third-order valence-corrected chi connectivity index (χ3v) is 4.71. The smallest absolute Gasteiger partial charge is 0.134 e. The summed E-state index contributed by atoms with van der Waals surface area (Å²) in [7, 11) is 2.18. The molecule has 0 unspecified atom stereocenters. The summed E-state index contributed by atoms with van der Waals surface area (Å²) in [6.45, 7) is 2.33. The molecule has 2 aliphatic rings. The molecule has 3 nitrogen and oxygen atoms in total. The van der Waals surface area contributed by atoms with Gasteiger partial charge in [-0.3, -0.25) is 4.99 Å². The van der Waals surface area contributed by atoms with Gasteiger partial charge in [-0.05, 0) is 51.9 Å². The predicted octanol–water partition coefficient (Wildman–Crippen LogP) is 2.62. The highest BCUT2D eigenvalue weighted by molar-refractivity contribution is 7.13. The van der Waals surface area contributed by atoms with E-state index in [2.05, 4.69) is 29.1 Å². The van der Waals surface area contributed by atoms with Gasteiger partial charge in [0.25, 0.3) is 0 Å². The fourth-order valence-corrected chi connectivity index (χ4v) is 3.42. The second-order valence-electron chi connectivity index (χ2n) is 5.11.